The van der Waals surface area contributed by atoms with Gasteiger partial charge in [-0.2, -0.15) is 0 Å². The highest BCUT2D eigenvalue weighted by molar-refractivity contribution is 6.01. The maximum Gasteiger partial charge on any atom is 0.249 e. The van der Waals surface area contributed by atoms with Gasteiger partial charge in [-0.25, -0.2) is 9.37 Å². The van der Waals surface area contributed by atoms with E-state index in [1.807, 2.05) is 0 Å². The second-order valence-corrected chi connectivity index (χ2v) is 4.01. The molecule has 1 atom stereocenters. The standard InChI is InChI=1S/C11H13FN4O2/c12-7-5-14-9(3-6(7)4-13)15-8-1-2-10(17)16-11(8)18/h3,5,8H,1-2,4,13H2,(H,14,15)(H,16,17,18). The lowest BCUT2D eigenvalue weighted by Crippen LogP contribution is -2.47. The van der Waals surface area contributed by atoms with E-state index in [1.54, 1.807) is 0 Å². The highest BCUT2D eigenvalue weighted by atomic mass is 19.1. The highest BCUT2D eigenvalue weighted by Gasteiger charge is 2.26. The number of pyridine rings is 1. The average molecular weight is 252 g/mol. The van der Waals surface area contributed by atoms with Crippen molar-refractivity contribution in [3.05, 3.63) is 23.6 Å². The van der Waals surface area contributed by atoms with E-state index < -0.39 is 17.8 Å². The molecule has 0 radical (unpaired) electrons. The van der Waals surface area contributed by atoms with Gasteiger partial charge in [0.05, 0.1) is 6.20 Å². The Morgan fingerprint density at radius 1 is 1.56 bits per heavy atom. The monoisotopic (exact) mass is 252 g/mol. The van der Waals surface area contributed by atoms with E-state index in [4.69, 9.17) is 5.73 Å². The third kappa shape index (κ3) is 2.62. The zero-order valence-electron chi connectivity index (χ0n) is 9.57. The first-order chi connectivity index (χ1) is 8.60. The Hall–Kier alpha value is -2.02. The molecule has 0 aliphatic carbocycles. The Bertz CT molecular complexity index is 492. The summed E-state index contributed by atoms with van der Waals surface area (Å²) in [5.74, 6) is -0.794. The number of amides is 2. The predicted octanol–water partition coefficient (Wildman–Crippen LogP) is -0.104. The van der Waals surface area contributed by atoms with Crippen LogP contribution in [0.25, 0.3) is 0 Å². The van der Waals surface area contributed by atoms with E-state index in [2.05, 4.69) is 15.6 Å². The third-order valence-electron chi connectivity index (χ3n) is 2.72. The number of nitrogens with zero attached hydrogens (tertiary/aromatic N) is 1. The lowest BCUT2D eigenvalue weighted by atomic mass is 10.1. The van der Waals surface area contributed by atoms with Crippen molar-refractivity contribution in [2.45, 2.75) is 25.4 Å². The summed E-state index contributed by atoms with van der Waals surface area (Å²) >= 11 is 0. The molecule has 2 amide bonds. The molecule has 7 heteroatoms. The summed E-state index contributed by atoms with van der Waals surface area (Å²) in [6, 6.07) is 0.922. The summed E-state index contributed by atoms with van der Waals surface area (Å²) in [6.45, 7) is 0.0540. The molecule has 0 saturated carbocycles. The summed E-state index contributed by atoms with van der Waals surface area (Å²) in [5.41, 5.74) is 5.70. The van der Waals surface area contributed by atoms with Crippen LogP contribution in [0.2, 0.25) is 0 Å². The van der Waals surface area contributed by atoms with Gasteiger partial charge in [-0.1, -0.05) is 0 Å². The van der Waals surface area contributed by atoms with Crippen molar-refractivity contribution in [2.75, 3.05) is 5.32 Å². The van der Waals surface area contributed by atoms with Crippen LogP contribution < -0.4 is 16.4 Å². The fraction of sp³-hybridized carbons (Fsp3) is 0.364. The Morgan fingerprint density at radius 2 is 2.33 bits per heavy atom. The maximum absolute atomic E-state index is 13.2. The van der Waals surface area contributed by atoms with Gasteiger partial charge in [0, 0.05) is 18.5 Å². The zero-order valence-corrected chi connectivity index (χ0v) is 9.57. The van der Waals surface area contributed by atoms with E-state index in [9.17, 15) is 14.0 Å². The van der Waals surface area contributed by atoms with Gasteiger partial charge < -0.3 is 11.1 Å². The van der Waals surface area contributed by atoms with Crippen LogP contribution in [0.5, 0.6) is 0 Å². The first-order valence-corrected chi connectivity index (χ1v) is 5.55. The number of carbonyl (C=O) groups is 2. The number of imide groups is 1. The summed E-state index contributed by atoms with van der Waals surface area (Å²) in [4.78, 5) is 26.3. The number of piperidine rings is 1. The number of nitrogens with one attached hydrogen (secondary N) is 2. The van der Waals surface area contributed by atoms with Crippen LogP contribution in [0.3, 0.4) is 0 Å². The lowest BCUT2D eigenvalue weighted by molar-refractivity contribution is -0.133. The number of carbonyl (C=O) groups excluding carboxylic acids is 2. The number of rotatable bonds is 3. The zero-order chi connectivity index (χ0) is 13.1. The molecule has 1 aliphatic rings. The van der Waals surface area contributed by atoms with Crippen molar-refractivity contribution < 1.29 is 14.0 Å². The van der Waals surface area contributed by atoms with Gasteiger partial charge in [0.1, 0.15) is 17.7 Å². The molecule has 1 unspecified atom stereocenters. The summed E-state index contributed by atoms with van der Waals surface area (Å²) in [7, 11) is 0. The van der Waals surface area contributed by atoms with E-state index in [-0.39, 0.29) is 18.9 Å². The van der Waals surface area contributed by atoms with E-state index in [0.29, 0.717) is 17.8 Å². The fourth-order valence-electron chi connectivity index (χ4n) is 1.73. The molecule has 1 aliphatic heterocycles. The van der Waals surface area contributed by atoms with Crippen LogP contribution in [-0.4, -0.2) is 22.8 Å². The molecular formula is C11H13FN4O2. The molecule has 4 N–H and O–H groups in total. The van der Waals surface area contributed by atoms with E-state index >= 15 is 0 Å². The Balaban J connectivity index is 2.09. The molecule has 2 heterocycles. The van der Waals surface area contributed by atoms with Gasteiger partial charge >= 0.3 is 0 Å². The smallest absolute Gasteiger partial charge is 0.249 e. The molecule has 1 fully saturated rings. The van der Waals surface area contributed by atoms with E-state index in [0.717, 1.165) is 6.20 Å². The van der Waals surface area contributed by atoms with Crippen molar-refractivity contribution in [3.63, 3.8) is 0 Å². The van der Waals surface area contributed by atoms with E-state index in [1.165, 1.54) is 6.07 Å². The minimum Gasteiger partial charge on any atom is -0.358 e. The second-order valence-electron chi connectivity index (χ2n) is 4.01. The van der Waals surface area contributed by atoms with Crippen LogP contribution in [0, 0.1) is 5.82 Å². The Labute approximate surface area is 103 Å². The molecule has 18 heavy (non-hydrogen) atoms. The topological polar surface area (TPSA) is 97.1 Å². The predicted molar refractivity (Wildman–Crippen MR) is 61.9 cm³/mol. The molecule has 0 bridgehead atoms. The van der Waals surface area contributed by atoms with Crippen molar-refractivity contribution in [2.24, 2.45) is 5.73 Å². The maximum atomic E-state index is 13.2. The number of anilines is 1. The Kier molecular flexibility index (Phi) is 3.52. The Morgan fingerprint density at radius 3 is 3.00 bits per heavy atom. The average Bonchev–Trinajstić information content (AvgIpc) is 2.35. The van der Waals surface area contributed by atoms with Crippen LogP contribution >= 0.6 is 0 Å². The summed E-state index contributed by atoms with van der Waals surface area (Å²) in [5, 5.41) is 5.08. The number of halogens is 1. The van der Waals surface area contributed by atoms with Gasteiger partial charge in [0.2, 0.25) is 11.8 Å². The quantitative estimate of drug-likeness (QED) is 0.652. The fourth-order valence-corrected chi connectivity index (χ4v) is 1.73. The molecule has 96 valence electrons. The summed E-state index contributed by atoms with van der Waals surface area (Å²) < 4.78 is 13.2. The molecule has 1 aromatic rings. The van der Waals surface area contributed by atoms with Gasteiger partial charge in [-0.3, -0.25) is 14.9 Å². The summed E-state index contributed by atoms with van der Waals surface area (Å²) in [6.07, 6.45) is 1.71. The van der Waals surface area contributed by atoms with Gasteiger partial charge in [0.15, 0.2) is 0 Å². The molecule has 1 saturated heterocycles. The number of aromatic nitrogens is 1. The molecular weight excluding hydrogens is 239 g/mol. The SMILES string of the molecule is NCc1cc(NC2CCC(=O)NC2=O)ncc1F. The minimum absolute atomic E-state index is 0.0540. The normalized spacial score (nSPS) is 19.6. The highest BCUT2D eigenvalue weighted by Crippen LogP contribution is 2.14. The van der Waals surface area contributed by atoms with Crippen LogP contribution in [0.1, 0.15) is 18.4 Å². The third-order valence-corrected chi connectivity index (χ3v) is 2.72. The first kappa shape index (κ1) is 12.4. The largest absolute Gasteiger partial charge is 0.358 e. The van der Waals surface area contributed by atoms with Gasteiger partial charge in [-0.05, 0) is 12.5 Å². The molecule has 6 nitrogen and oxygen atoms in total. The minimum atomic E-state index is -0.536. The number of nitrogens with two attached hydrogens (primary N) is 1. The van der Waals surface area contributed by atoms with Crippen LogP contribution in [0.15, 0.2) is 12.3 Å². The lowest BCUT2D eigenvalue weighted by Gasteiger charge is -2.22. The first-order valence-electron chi connectivity index (χ1n) is 5.55. The molecule has 2 rings (SSSR count). The number of hydrogen-bond donors (Lipinski definition) is 3. The van der Waals surface area contributed by atoms with Gasteiger partial charge in [0.25, 0.3) is 0 Å². The number of hydrogen-bond acceptors (Lipinski definition) is 5. The van der Waals surface area contributed by atoms with Crippen molar-refractivity contribution in [1.82, 2.24) is 10.3 Å². The molecule has 1 aromatic heterocycles. The van der Waals surface area contributed by atoms with Crippen LogP contribution in [0.4, 0.5) is 10.2 Å². The van der Waals surface area contributed by atoms with Crippen molar-refractivity contribution in [3.8, 4) is 0 Å². The van der Waals surface area contributed by atoms with Crippen LogP contribution in [-0.2, 0) is 16.1 Å². The second kappa shape index (κ2) is 5.09. The molecule has 0 aromatic carbocycles. The molecule has 0 spiro atoms. The van der Waals surface area contributed by atoms with Crippen molar-refractivity contribution in [1.29, 1.82) is 0 Å². The van der Waals surface area contributed by atoms with Gasteiger partial charge in [-0.15, -0.1) is 0 Å². The van der Waals surface area contributed by atoms with Crippen molar-refractivity contribution >= 4 is 17.6 Å².